The van der Waals surface area contributed by atoms with Crippen LogP contribution in [0, 0.1) is 0 Å². The van der Waals surface area contributed by atoms with Gasteiger partial charge in [-0.15, -0.1) is 0 Å². The first kappa shape index (κ1) is 20.5. The Morgan fingerprint density at radius 2 is 1.18 bits per heavy atom. The summed E-state index contributed by atoms with van der Waals surface area (Å²) in [6, 6.07) is 38.4. The molecule has 3 heteroatoms. The first-order valence-electron chi connectivity index (χ1n) is 11.7. The van der Waals surface area contributed by atoms with Crippen LogP contribution in [0.1, 0.15) is 17.0 Å². The highest BCUT2D eigenvalue weighted by Gasteiger charge is 2.15. The number of hydrogen-bond donors (Lipinski definition) is 0. The minimum Gasteiger partial charge on any atom is -0.287 e. The van der Waals surface area contributed by atoms with Crippen molar-refractivity contribution in [1.82, 2.24) is 14.9 Å². The van der Waals surface area contributed by atoms with Crippen molar-refractivity contribution in [3.63, 3.8) is 0 Å². The summed E-state index contributed by atoms with van der Waals surface area (Å²) in [5, 5.41) is 6.33. The highest BCUT2D eigenvalue weighted by molar-refractivity contribution is 6.02. The number of pyridine rings is 2. The van der Waals surface area contributed by atoms with E-state index in [2.05, 4.69) is 107 Å². The summed E-state index contributed by atoms with van der Waals surface area (Å²) in [4.78, 5) is 12.0. The summed E-state index contributed by atoms with van der Waals surface area (Å²) in [7, 11) is 0. The predicted molar refractivity (Wildman–Crippen MR) is 140 cm³/mol. The second-order valence-electron chi connectivity index (χ2n) is 8.76. The van der Waals surface area contributed by atoms with Gasteiger partial charge >= 0.3 is 0 Å². The standard InChI is InChI=1S/C31H25N3/c1-4-13-28-24(10-1)19-25-11-2-5-14-29(25)30(28)22-34(20-26-12-7-8-18-32-26)21-27-17-16-23-9-3-6-15-31(23)33-27/h1-19H,20-22H2. The fraction of sp³-hybridized carbons (Fsp3) is 0.0968. The molecular formula is C31H25N3. The van der Waals surface area contributed by atoms with E-state index in [1.54, 1.807) is 0 Å². The SMILES string of the molecule is c1ccc(CN(Cc2ccc3ccccc3n2)Cc2c3ccccc3cc3ccccc23)nc1. The van der Waals surface area contributed by atoms with E-state index >= 15 is 0 Å². The number of fused-ring (bicyclic) bond motifs is 3. The Hall–Kier alpha value is -4.08. The second-order valence-corrected chi connectivity index (χ2v) is 8.76. The van der Waals surface area contributed by atoms with Gasteiger partial charge in [-0.2, -0.15) is 0 Å². The number of nitrogens with zero attached hydrogens (tertiary/aromatic N) is 3. The number of para-hydroxylation sites is 1. The monoisotopic (exact) mass is 439 g/mol. The van der Waals surface area contributed by atoms with Crippen molar-refractivity contribution in [2.24, 2.45) is 0 Å². The third kappa shape index (κ3) is 4.14. The Morgan fingerprint density at radius 3 is 1.91 bits per heavy atom. The first-order chi connectivity index (χ1) is 16.8. The van der Waals surface area contributed by atoms with Gasteiger partial charge in [-0.25, -0.2) is 0 Å². The van der Waals surface area contributed by atoms with Gasteiger partial charge in [0.1, 0.15) is 0 Å². The molecule has 34 heavy (non-hydrogen) atoms. The summed E-state index contributed by atoms with van der Waals surface area (Å²) >= 11 is 0. The molecule has 0 saturated carbocycles. The van der Waals surface area contributed by atoms with Crippen LogP contribution in [0.15, 0.2) is 115 Å². The minimum absolute atomic E-state index is 0.749. The van der Waals surface area contributed by atoms with Gasteiger partial charge in [0, 0.05) is 31.2 Å². The zero-order chi connectivity index (χ0) is 22.7. The molecule has 0 N–H and O–H groups in total. The molecule has 0 aliphatic carbocycles. The molecule has 2 heterocycles. The van der Waals surface area contributed by atoms with Crippen LogP contribution in [0.4, 0.5) is 0 Å². The molecule has 0 radical (unpaired) electrons. The van der Waals surface area contributed by atoms with E-state index in [4.69, 9.17) is 4.98 Å². The Balaban J connectivity index is 1.43. The highest BCUT2D eigenvalue weighted by Crippen LogP contribution is 2.30. The van der Waals surface area contributed by atoms with Crippen molar-refractivity contribution in [3.05, 3.63) is 132 Å². The Labute approximate surface area is 199 Å². The van der Waals surface area contributed by atoms with Crippen LogP contribution in [0.3, 0.4) is 0 Å². The zero-order valence-corrected chi connectivity index (χ0v) is 18.9. The van der Waals surface area contributed by atoms with E-state index in [-0.39, 0.29) is 0 Å². The largest absolute Gasteiger partial charge is 0.287 e. The van der Waals surface area contributed by atoms with E-state index in [9.17, 15) is 0 Å². The first-order valence-corrected chi connectivity index (χ1v) is 11.7. The lowest BCUT2D eigenvalue weighted by Crippen LogP contribution is -2.23. The van der Waals surface area contributed by atoms with E-state index in [1.165, 1.54) is 32.5 Å². The average molecular weight is 440 g/mol. The number of rotatable bonds is 6. The Bertz CT molecular complexity index is 1540. The molecule has 0 spiro atoms. The fourth-order valence-corrected chi connectivity index (χ4v) is 4.82. The molecule has 0 amide bonds. The van der Waals surface area contributed by atoms with Crippen LogP contribution < -0.4 is 0 Å². The van der Waals surface area contributed by atoms with Gasteiger partial charge in [-0.05, 0) is 57.4 Å². The van der Waals surface area contributed by atoms with E-state index in [1.807, 2.05) is 18.3 Å². The third-order valence-electron chi connectivity index (χ3n) is 6.42. The van der Waals surface area contributed by atoms with E-state index < -0.39 is 0 Å². The molecule has 0 aliphatic rings. The van der Waals surface area contributed by atoms with Crippen LogP contribution in [-0.2, 0) is 19.6 Å². The molecule has 3 nitrogen and oxygen atoms in total. The minimum atomic E-state index is 0.749. The summed E-state index contributed by atoms with van der Waals surface area (Å²) in [6.07, 6.45) is 1.87. The van der Waals surface area contributed by atoms with Gasteiger partial charge in [0.05, 0.1) is 16.9 Å². The normalized spacial score (nSPS) is 11.6. The van der Waals surface area contributed by atoms with Crippen molar-refractivity contribution in [2.75, 3.05) is 0 Å². The summed E-state index contributed by atoms with van der Waals surface area (Å²) in [5.74, 6) is 0. The molecule has 0 atom stereocenters. The lowest BCUT2D eigenvalue weighted by atomic mass is 9.96. The quantitative estimate of drug-likeness (QED) is 0.258. The summed E-state index contributed by atoms with van der Waals surface area (Å²) in [6.45, 7) is 2.32. The Morgan fingerprint density at radius 1 is 0.529 bits per heavy atom. The molecule has 0 unspecified atom stereocenters. The van der Waals surface area contributed by atoms with Crippen molar-refractivity contribution in [2.45, 2.75) is 19.6 Å². The van der Waals surface area contributed by atoms with E-state index in [0.29, 0.717) is 0 Å². The van der Waals surface area contributed by atoms with Crippen molar-refractivity contribution in [1.29, 1.82) is 0 Å². The lowest BCUT2D eigenvalue weighted by Gasteiger charge is -2.24. The molecule has 2 aromatic heterocycles. The number of hydrogen-bond acceptors (Lipinski definition) is 3. The van der Waals surface area contributed by atoms with Gasteiger partial charge in [-0.1, -0.05) is 78.9 Å². The summed E-state index contributed by atoms with van der Waals surface area (Å²) in [5.41, 5.74) is 4.52. The smallest absolute Gasteiger partial charge is 0.0705 e. The zero-order valence-electron chi connectivity index (χ0n) is 18.9. The third-order valence-corrected chi connectivity index (χ3v) is 6.42. The van der Waals surface area contributed by atoms with Gasteiger partial charge in [-0.3, -0.25) is 14.9 Å². The van der Waals surface area contributed by atoms with Gasteiger partial charge < -0.3 is 0 Å². The summed E-state index contributed by atoms with van der Waals surface area (Å²) < 4.78 is 0. The molecule has 164 valence electrons. The molecule has 4 aromatic carbocycles. The molecule has 0 fully saturated rings. The van der Waals surface area contributed by atoms with Crippen molar-refractivity contribution < 1.29 is 0 Å². The maximum atomic E-state index is 4.96. The van der Waals surface area contributed by atoms with Crippen molar-refractivity contribution >= 4 is 32.4 Å². The highest BCUT2D eigenvalue weighted by atomic mass is 15.1. The molecule has 6 aromatic rings. The maximum absolute atomic E-state index is 4.96. The van der Waals surface area contributed by atoms with Crippen molar-refractivity contribution in [3.8, 4) is 0 Å². The molecule has 0 bridgehead atoms. The van der Waals surface area contributed by atoms with Crippen LogP contribution in [-0.4, -0.2) is 14.9 Å². The average Bonchev–Trinajstić information content (AvgIpc) is 2.89. The maximum Gasteiger partial charge on any atom is 0.0705 e. The molecular weight excluding hydrogens is 414 g/mol. The number of benzene rings is 4. The lowest BCUT2D eigenvalue weighted by molar-refractivity contribution is 0.244. The van der Waals surface area contributed by atoms with Crippen LogP contribution in [0.5, 0.6) is 0 Å². The van der Waals surface area contributed by atoms with Gasteiger partial charge in [0.2, 0.25) is 0 Å². The fourth-order valence-electron chi connectivity index (χ4n) is 4.82. The molecule has 0 aliphatic heterocycles. The number of aromatic nitrogens is 2. The molecule has 6 rings (SSSR count). The van der Waals surface area contributed by atoms with Gasteiger partial charge in [0.15, 0.2) is 0 Å². The topological polar surface area (TPSA) is 29.0 Å². The van der Waals surface area contributed by atoms with E-state index in [0.717, 1.165) is 36.5 Å². The molecule has 0 saturated heterocycles. The second kappa shape index (κ2) is 9.05. The van der Waals surface area contributed by atoms with Crippen LogP contribution >= 0.6 is 0 Å². The predicted octanol–water partition coefficient (Wildman–Crippen LogP) is 7.14. The van der Waals surface area contributed by atoms with Crippen LogP contribution in [0.2, 0.25) is 0 Å². The van der Waals surface area contributed by atoms with Gasteiger partial charge in [0.25, 0.3) is 0 Å². The Kier molecular flexibility index (Phi) is 5.46. The van der Waals surface area contributed by atoms with Crippen LogP contribution in [0.25, 0.3) is 32.4 Å².